The predicted octanol–water partition coefficient (Wildman–Crippen LogP) is 1.54. The maximum Gasteiger partial charge on any atom is 0.165 e. The van der Waals surface area contributed by atoms with E-state index in [1.165, 1.54) is 0 Å². The molecule has 4 heterocycles. The molecule has 2 aliphatic heterocycles. The molecule has 0 spiro atoms. The second-order valence-corrected chi connectivity index (χ2v) is 6.78. The van der Waals surface area contributed by atoms with Gasteiger partial charge in [0.25, 0.3) is 0 Å². The summed E-state index contributed by atoms with van der Waals surface area (Å²) < 4.78 is 7.58. The molecule has 0 N–H and O–H groups in total. The third-order valence-electron chi connectivity index (χ3n) is 5.36. The predicted molar refractivity (Wildman–Crippen MR) is 93.2 cm³/mol. The highest BCUT2D eigenvalue weighted by Crippen LogP contribution is 2.27. The molecule has 0 saturated carbocycles. The first kappa shape index (κ1) is 15.8. The lowest BCUT2D eigenvalue weighted by atomic mass is 10.0. The second-order valence-electron chi connectivity index (χ2n) is 6.78. The van der Waals surface area contributed by atoms with Crippen molar-refractivity contribution in [3.63, 3.8) is 0 Å². The smallest absolute Gasteiger partial charge is 0.165 e. The molecule has 0 radical (unpaired) electrons. The van der Waals surface area contributed by atoms with Gasteiger partial charge < -0.3 is 14.2 Å². The van der Waals surface area contributed by atoms with Crippen molar-refractivity contribution in [2.45, 2.75) is 45.3 Å². The number of hydrogen-bond donors (Lipinski definition) is 0. The van der Waals surface area contributed by atoms with Gasteiger partial charge in [-0.1, -0.05) is 0 Å². The zero-order valence-corrected chi connectivity index (χ0v) is 14.6. The van der Waals surface area contributed by atoms with Crippen LogP contribution >= 0.6 is 0 Å². The van der Waals surface area contributed by atoms with E-state index in [0.717, 1.165) is 69.2 Å². The van der Waals surface area contributed by atoms with Crippen LogP contribution in [-0.4, -0.2) is 69.4 Å². The van der Waals surface area contributed by atoms with Crippen molar-refractivity contribution < 1.29 is 4.74 Å². The topological polar surface area (TPSA) is 59.3 Å². The summed E-state index contributed by atoms with van der Waals surface area (Å²) in [6.45, 7) is 10.2. The highest BCUT2D eigenvalue weighted by atomic mass is 16.5. The zero-order chi connectivity index (χ0) is 16.5. The number of hydrogen-bond acceptors (Lipinski definition) is 6. The van der Waals surface area contributed by atoms with Crippen molar-refractivity contribution in [2.24, 2.45) is 0 Å². The molecule has 2 aromatic rings. The van der Waals surface area contributed by atoms with Crippen LogP contribution in [0.5, 0.6) is 0 Å². The molecule has 0 amide bonds. The molecule has 7 heteroatoms. The molecule has 0 bridgehead atoms. The largest absolute Gasteiger partial charge is 0.381 e. The fourth-order valence-corrected chi connectivity index (χ4v) is 3.99. The number of rotatable bonds is 3. The Hall–Kier alpha value is -1.73. The fraction of sp³-hybridized carbons (Fsp3) is 0.706. The third kappa shape index (κ3) is 2.75. The van der Waals surface area contributed by atoms with Crippen molar-refractivity contribution in [1.82, 2.24) is 24.4 Å². The van der Waals surface area contributed by atoms with Crippen molar-refractivity contribution in [1.29, 1.82) is 0 Å². The molecule has 130 valence electrons. The van der Waals surface area contributed by atoms with E-state index in [-0.39, 0.29) is 0 Å². The normalized spacial score (nSPS) is 23.9. The Morgan fingerprint density at radius 1 is 1.17 bits per heavy atom. The maximum absolute atomic E-state index is 5.50. The summed E-state index contributed by atoms with van der Waals surface area (Å²) in [6.07, 6.45) is 5.85. The quantitative estimate of drug-likeness (QED) is 0.851. The Morgan fingerprint density at radius 3 is 2.75 bits per heavy atom. The van der Waals surface area contributed by atoms with Gasteiger partial charge in [-0.05, 0) is 26.7 Å². The Bertz CT molecular complexity index is 695. The number of piperazine rings is 1. The molecule has 2 aromatic heterocycles. The minimum Gasteiger partial charge on any atom is -0.381 e. The number of fused-ring (bicyclic) bond motifs is 1. The van der Waals surface area contributed by atoms with Crippen LogP contribution < -0.4 is 4.90 Å². The molecule has 1 atom stereocenters. The molecule has 0 aliphatic carbocycles. The molecular weight excluding hydrogens is 304 g/mol. The molecule has 0 aromatic carbocycles. The first-order valence-corrected chi connectivity index (χ1v) is 9.02. The molecular formula is C17H26N6O. The van der Waals surface area contributed by atoms with Crippen molar-refractivity contribution in [3.8, 4) is 0 Å². The Balaban J connectivity index is 1.54. The van der Waals surface area contributed by atoms with Gasteiger partial charge in [0.2, 0.25) is 0 Å². The van der Waals surface area contributed by atoms with Gasteiger partial charge in [0.1, 0.15) is 6.33 Å². The van der Waals surface area contributed by atoms with Crippen LogP contribution in [0.15, 0.2) is 12.7 Å². The summed E-state index contributed by atoms with van der Waals surface area (Å²) >= 11 is 0. The lowest BCUT2D eigenvalue weighted by Crippen LogP contribution is -2.56. The number of nitrogens with zero attached hydrogens (tertiary/aromatic N) is 6. The first-order valence-electron chi connectivity index (χ1n) is 9.02. The van der Waals surface area contributed by atoms with E-state index < -0.39 is 0 Å². The highest BCUT2D eigenvalue weighted by Gasteiger charge is 2.31. The van der Waals surface area contributed by atoms with E-state index in [4.69, 9.17) is 4.74 Å². The summed E-state index contributed by atoms with van der Waals surface area (Å²) in [7, 11) is 0. The van der Waals surface area contributed by atoms with Crippen LogP contribution in [0.2, 0.25) is 0 Å². The van der Waals surface area contributed by atoms with E-state index in [9.17, 15) is 0 Å². The monoisotopic (exact) mass is 330 g/mol. The summed E-state index contributed by atoms with van der Waals surface area (Å²) in [6, 6.07) is 1.10. The van der Waals surface area contributed by atoms with E-state index in [1.807, 2.05) is 6.33 Å². The lowest BCUT2D eigenvalue weighted by Gasteiger charge is -2.44. The number of aromatic nitrogens is 4. The standard InChI is InChI=1S/C17H26N6O/c1-3-21-12-20-15-16(21)18-11-19-17(15)23-7-6-22(10-13(23)2)14-4-8-24-9-5-14/h11-14H,3-10H2,1-2H3/t13-/m1/s1. The number of ether oxygens (including phenoxy) is 1. The Labute approximate surface area is 142 Å². The zero-order valence-electron chi connectivity index (χ0n) is 14.6. The number of imidazole rings is 1. The van der Waals surface area contributed by atoms with Gasteiger partial charge in [0, 0.05) is 51.5 Å². The van der Waals surface area contributed by atoms with Gasteiger partial charge in [-0.2, -0.15) is 0 Å². The summed E-state index contributed by atoms with van der Waals surface area (Å²) in [5.74, 6) is 0.978. The van der Waals surface area contributed by atoms with Gasteiger partial charge in [0.15, 0.2) is 17.0 Å². The first-order chi connectivity index (χ1) is 11.8. The van der Waals surface area contributed by atoms with Gasteiger partial charge in [-0.25, -0.2) is 15.0 Å². The van der Waals surface area contributed by atoms with E-state index in [2.05, 4.69) is 43.2 Å². The summed E-state index contributed by atoms with van der Waals surface area (Å²) in [5, 5.41) is 0. The summed E-state index contributed by atoms with van der Waals surface area (Å²) in [4.78, 5) is 18.6. The number of aryl methyl sites for hydroxylation is 1. The van der Waals surface area contributed by atoms with Crippen molar-refractivity contribution in [3.05, 3.63) is 12.7 Å². The molecule has 7 nitrogen and oxygen atoms in total. The average molecular weight is 330 g/mol. The molecule has 2 fully saturated rings. The third-order valence-corrected chi connectivity index (χ3v) is 5.36. The SMILES string of the molecule is CCn1cnc2c(N3CCN(C4CCOCC4)C[C@H]3C)ncnc21. The van der Waals surface area contributed by atoms with Crippen LogP contribution in [0.25, 0.3) is 11.2 Å². The maximum atomic E-state index is 5.50. The Kier molecular flexibility index (Phi) is 4.37. The van der Waals surface area contributed by atoms with Crippen molar-refractivity contribution >= 4 is 17.0 Å². The van der Waals surface area contributed by atoms with Crippen LogP contribution in [0.3, 0.4) is 0 Å². The van der Waals surface area contributed by atoms with Gasteiger partial charge in [-0.15, -0.1) is 0 Å². The van der Waals surface area contributed by atoms with Gasteiger partial charge >= 0.3 is 0 Å². The minimum atomic E-state index is 0.423. The summed E-state index contributed by atoms with van der Waals surface area (Å²) in [5.41, 5.74) is 1.85. The van der Waals surface area contributed by atoms with Gasteiger partial charge in [0.05, 0.1) is 6.33 Å². The molecule has 2 saturated heterocycles. The molecule has 0 unspecified atom stereocenters. The average Bonchev–Trinajstić information content (AvgIpc) is 3.06. The van der Waals surface area contributed by atoms with Crippen LogP contribution in [0.4, 0.5) is 5.82 Å². The van der Waals surface area contributed by atoms with Crippen LogP contribution in [0, 0.1) is 0 Å². The molecule has 24 heavy (non-hydrogen) atoms. The van der Waals surface area contributed by atoms with E-state index in [1.54, 1.807) is 6.33 Å². The van der Waals surface area contributed by atoms with Crippen LogP contribution in [-0.2, 0) is 11.3 Å². The second kappa shape index (κ2) is 6.64. The van der Waals surface area contributed by atoms with Crippen molar-refractivity contribution in [2.75, 3.05) is 37.7 Å². The minimum absolute atomic E-state index is 0.423. The molecule has 4 rings (SSSR count). The Morgan fingerprint density at radius 2 is 2.00 bits per heavy atom. The van der Waals surface area contributed by atoms with E-state index in [0.29, 0.717) is 12.1 Å². The molecule has 2 aliphatic rings. The highest BCUT2D eigenvalue weighted by molar-refractivity contribution is 5.83. The number of anilines is 1. The fourth-order valence-electron chi connectivity index (χ4n) is 3.99. The van der Waals surface area contributed by atoms with E-state index >= 15 is 0 Å². The van der Waals surface area contributed by atoms with Gasteiger partial charge in [-0.3, -0.25) is 4.90 Å². The lowest BCUT2D eigenvalue weighted by molar-refractivity contribution is 0.0279. The van der Waals surface area contributed by atoms with Crippen LogP contribution in [0.1, 0.15) is 26.7 Å².